The van der Waals surface area contributed by atoms with Crippen LogP contribution in [0.2, 0.25) is 0 Å². The molecule has 0 saturated heterocycles. The van der Waals surface area contributed by atoms with Gasteiger partial charge in [0.15, 0.2) is 5.13 Å². The summed E-state index contributed by atoms with van der Waals surface area (Å²) in [5.74, 6) is 0.700. The Kier molecular flexibility index (Phi) is 7.99. The van der Waals surface area contributed by atoms with Gasteiger partial charge >= 0.3 is 0 Å². The fourth-order valence-corrected chi connectivity index (χ4v) is 5.00. The van der Waals surface area contributed by atoms with Crippen LogP contribution < -0.4 is 9.64 Å². The second-order valence-electron chi connectivity index (χ2n) is 7.02. The van der Waals surface area contributed by atoms with Gasteiger partial charge in [0.1, 0.15) is 16.1 Å². The Morgan fingerprint density at radius 1 is 1.10 bits per heavy atom. The van der Waals surface area contributed by atoms with Crippen LogP contribution in [0.3, 0.4) is 0 Å². The molecule has 9 heteroatoms. The number of fused-ring (bicyclic) bond motifs is 1. The largest absolute Gasteiger partial charge is 0.494 e. The van der Waals surface area contributed by atoms with Gasteiger partial charge < -0.3 is 9.64 Å². The van der Waals surface area contributed by atoms with Gasteiger partial charge in [-0.3, -0.25) is 9.69 Å². The molecule has 0 spiro atoms. The second kappa shape index (κ2) is 9.84. The number of aromatic nitrogens is 2. The third-order valence-corrected chi connectivity index (χ3v) is 6.75. The molecule has 1 aromatic carbocycles. The zero-order chi connectivity index (χ0) is 20.4. The van der Waals surface area contributed by atoms with E-state index in [2.05, 4.69) is 16.8 Å². The number of amides is 1. The van der Waals surface area contributed by atoms with Crippen LogP contribution in [0.4, 0.5) is 5.13 Å². The van der Waals surface area contributed by atoms with Crippen LogP contribution in [-0.2, 0) is 0 Å². The van der Waals surface area contributed by atoms with Crippen LogP contribution >= 0.6 is 35.1 Å². The number of carbonyl (C=O) groups excluding carboxylic acids is 1. The average Bonchev–Trinajstić information content (AvgIpc) is 3.22. The summed E-state index contributed by atoms with van der Waals surface area (Å²) < 4.78 is 6.53. The molecule has 1 amide bonds. The summed E-state index contributed by atoms with van der Waals surface area (Å²) in [5.41, 5.74) is 2.72. The third-order valence-electron chi connectivity index (χ3n) is 4.47. The van der Waals surface area contributed by atoms with Crippen molar-refractivity contribution in [2.24, 2.45) is 0 Å². The van der Waals surface area contributed by atoms with Gasteiger partial charge in [0, 0.05) is 6.54 Å². The molecule has 0 fully saturated rings. The smallest absolute Gasteiger partial charge is 0.272 e. The maximum Gasteiger partial charge on any atom is 0.272 e. The Hall–Kier alpha value is -1.74. The molecule has 29 heavy (non-hydrogen) atoms. The van der Waals surface area contributed by atoms with E-state index >= 15 is 0 Å². The number of rotatable bonds is 7. The topological polar surface area (TPSA) is 58.6 Å². The fourth-order valence-electron chi connectivity index (χ4n) is 3.06. The van der Waals surface area contributed by atoms with Crippen molar-refractivity contribution >= 4 is 56.3 Å². The summed E-state index contributed by atoms with van der Waals surface area (Å²) in [5, 5.41) is 1.60. The molecule has 6 nitrogen and oxygen atoms in total. The minimum Gasteiger partial charge on any atom is -0.494 e. The SMILES string of the molecule is COc1ccc(C)c2sc(N(CCCN(C)C)C(=O)c3sc(C)nc3C)nc12.Cl. The molecule has 2 heterocycles. The van der Waals surface area contributed by atoms with Crippen LogP contribution in [0.25, 0.3) is 10.2 Å². The first kappa shape index (κ1) is 23.5. The lowest BCUT2D eigenvalue weighted by Gasteiger charge is -2.20. The first-order chi connectivity index (χ1) is 13.3. The summed E-state index contributed by atoms with van der Waals surface area (Å²) >= 11 is 2.98. The number of hydrogen-bond donors (Lipinski definition) is 0. The molecular weight excluding hydrogens is 428 g/mol. The maximum absolute atomic E-state index is 13.4. The molecule has 0 bridgehead atoms. The van der Waals surface area contributed by atoms with E-state index in [1.165, 1.54) is 11.3 Å². The van der Waals surface area contributed by atoms with E-state index in [9.17, 15) is 4.79 Å². The molecule has 0 atom stereocenters. The molecule has 0 saturated carbocycles. The number of anilines is 1. The van der Waals surface area contributed by atoms with E-state index in [1.54, 1.807) is 23.3 Å². The van der Waals surface area contributed by atoms with E-state index in [-0.39, 0.29) is 18.3 Å². The highest BCUT2D eigenvalue weighted by Crippen LogP contribution is 2.37. The number of hydrogen-bond acceptors (Lipinski definition) is 7. The van der Waals surface area contributed by atoms with E-state index in [0.29, 0.717) is 16.6 Å². The third kappa shape index (κ3) is 5.06. The summed E-state index contributed by atoms with van der Waals surface area (Å²) in [6, 6.07) is 3.95. The standard InChI is InChI=1S/C20H26N4O2S2.ClH/c1-12-8-9-15(26-6)16-17(12)28-20(22-16)24(11-7-10-23(4)5)19(25)18-13(2)21-14(3)27-18;/h8-9H,7,10-11H2,1-6H3;1H. The Morgan fingerprint density at radius 2 is 1.83 bits per heavy atom. The monoisotopic (exact) mass is 454 g/mol. The number of methoxy groups -OCH3 is 1. The molecule has 2 aromatic heterocycles. The Labute approximate surface area is 185 Å². The highest BCUT2D eigenvalue weighted by molar-refractivity contribution is 7.22. The summed E-state index contributed by atoms with van der Waals surface area (Å²) in [6.45, 7) is 7.38. The molecule has 0 aliphatic heterocycles. The molecule has 0 aliphatic carbocycles. The summed E-state index contributed by atoms with van der Waals surface area (Å²) in [7, 11) is 5.72. The average molecular weight is 455 g/mol. The molecule has 0 aliphatic rings. The van der Waals surface area contributed by atoms with Crippen LogP contribution in [0.15, 0.2) is 12.1 Å². The number of nitrogens with zero attached hydrogens (tertiary/aromatic N) is 4. The Balaban J connectivity index is 0.00000300. The van der Waals surface area contributed by atoms with Crippen molar-refractivity contribution in [3.05, 3.63) is 33.3 Å². The molecule has 0 radical (unpaired) electrons. The van der Waals surface area contributed by atoms with Crippen molar-refractivity contribution in [1.82, 2.24) is 14.9 Å². The molecule has 158 valence electrons. The number of carbonyl (C=O) groups is 1. The van der Waals surface area contributed by atoms with Gasteiger partial charge in [0.25, 0.3) is 5.91 Å². The fraction of sp³-hybridized carbons (Fsp3) is 0.450. The normalized spacial score (nSPS) is 11.0. The van der Waals surface area contributed by atoms with Gasteiger partial charge in [-0.15, -0.1) is 23.7 Å². The highest BCUT2D eigenvalue weighted by Gasteiger charge is 2.25. The minimum atomic E-state index is -0.0301. The van der Waals surface area contributed by atoms with E-state index in [4.69, 9.17) is 9.72 Å². The zero-order valence-electron chi connectivity index (χ0n) is 17.6. The number of benzene rings is 1. The molecule has 3 aromatic rings. The van der Waals surface area contributed by atoms with E-state index in [1.807, 2.05) is 40.1 Å². The van der Waals surface area contributed by atoms with Gasteiger partial charge in [-0.1, -0.05) is 17.4 Å². The van der Waals surface area contributed by atoms with Crippen molar-refractivity contribution in [3.63, 3.8) is 0 Å². The number of thiazole rings is 2. The maximum atomic E-state index is 13.4. The summed E-state index contributed by atoms with van der Waals surface area (Å²) in [4.78, 5) is 27.2. The zero-order valence-corrected chi connectivity index (χ0v) is 20.1. The van der Waals surface area contributed by atoms with Gasteiger partial charge in [-0.25, -0.2) is 9.97 Å². The van der Waals surface area contributed by atoms with Gasteiger partial charge in [-0.05, 0) is 59.5 Å². The number of ether oxygens (including phenoxy) is 1. The van der Waals surface area contributed by atoms with Crippen molar-refractivity contribution in [2.45, 2.75) is 27.2 Å². The van der Waals surface area contributed by atoms with E-state index in [0.717, 1.165) is 45.2 Å². The predicted octanol–water partition coefficient (Wildman–Crippen LogP) is 4.71. The molecule has 0 unspecified atom stereocenters. The van der Waals surface area contributed by atoms with E-state index < -0.39 is 0 Å². The minimum absolute atomic E-state index is 0. The molecule has 3 rings (SSSR count). The lowest BCUT2D eigenvalue weighted by molar-refractivity contribution is 0.0989. The molecule has 0 N–H and O–H groups in total. The lowest BCUT2D eigenvalue weighted by atomic mass is 10.2. The quantitative estimate of drug-likeness (QED) is 0.517. The van der Waals surface area contributed by atoms with Crippen molar-refractivity contribution in [3.8, 4) is 5.75 Å². The van der Waals surface area contributed by atoms with Gasteiger partial charge in [-0.2, -0.15) is 0 Å². The van der Waals surface area contributed by atoms with Crippen LogP contribution in [0, 0.1) is 20.8 Å². The van der Waals surface area contributed by atoms with Crippen molar-refractivity contribution < 1.29 is 9.53 Å². The predicted molar refractivity (Wildman–Crippen MR) is 125 cm³/mol. The van der Waals surface area contributed by atoms with Gasteiger partial charge in [0.05, 0.1) is 22.5 Å². The number of aryl methyl sites for hydroxylation is 3. The van der Waals surface area contributed by atoms with Crippen molar-refractivity contribution in [1.29, 1.82) is 0 Å². The lowest BCUT2D eigenvalue weighted by Crippen LogP contribution is -2.33. The van der Waals surface area contributed by atoms with Gasteiger partial charge in [0.2, 0.25) is 0 Å². The highest BCUT2D eigenvalue weighted by atomic mass is 35.5. The Bertz CT molecular complexity index is 1000. The van der Waals surface area contributed by atoms with Crippen LogP contribution in [0.1, 0.15) is 32.4 Å². The summed E-state index contributed by atoms with van der Waals surface area (Å²) in [6.07, 6.45) is 0.863. The Morgan fingerprint density at radius 3 is 2.41 bits per heavy atom. The number of halogens is 1. The first-order valence-electron chi connectivity index (χ1n) is 9.16. The van der Waals surface area contributed by atoms with Crippen molar-refractivity contribution in [2.75, 3.05) is 39.2 Å². The molecular formula is C20H27ClN4O2S2. The van der Waals surface area contributed by atoms with Crippen LogP contribution in [-0.4, -0.2) is 55.1 Å². The first-order valence-corrected chi connectivity index (χ1v) is 10.8. The van der Waals surface area contributed by atoms with Crippen LogP contribution in [0.5, 0.6) is 5.75 Å². The second-order valence-corrected chi connectivity index (χ2v) is 9.20.